The molecule has 3 rings (SSSR count). The van der Waals surface area contributed by atoms with Gasteiger partial charge >= 0.3 is 0 Å². The zero-order valence-corrected chi connectivity index (χ0v) is 15.4. The minimum atomic E-state index is -0.205. The van der Waals surface area contributed by atoms with Crippen molar-refractivity contribution in [3.63, 3.8) is 0 Å². The number of hydrogen-bond donors (Lipinski definition) is 1. The molecular formula is C23H22N2O2. The van der Waals surface area contributed by atoms with Crippen LogP contribution in [0.1, 0.15) is 39.2 Å². The zero-order valence-electron chi connectivity index (χ0n) is 15.4. The summed E-state index contributed by atoms with van der Waals surface area (Å²) in [6.45, 7) is 1.94. The van der Waals surface area contributed by atoms with Gasteiger partial charge < -0.3 is 10.2 Å². The minimum Gasteiger partial charge on any atom is -0.346 e. The predicted molar refractivity (Wildman–Crippen MR) is 108 cm³/mol. The Balaban J connectivity index is 1.75. The Morgan fingerprint density at radius 2 is 1.41 bits per heavy atom. The molecule has 0 fully saturated rings. The lowest BCUT2D eigenvalue weighted by molar-refractivity contribution is 0.0940. The summed E-state index contributed by atoms with van der Waals surface area (Å²) in [5, 5.41) is 2.98. The number of benzene rings is 3. The molecule has 0 radical (unpaired) electrons. The van der Waals surface area contributed by atoms with E-state index in [1.54, 1.807) is 36.2 Å². The van der Waals surface area contributed by atoms with Gasteiger partial charge in [-0.2, -0.15) is 0 Å². The maximum atomic E-state index is 12.8. The summed E-state index contributed by atoms with van der Waals surface area (Å²) in [6.07, 6.45) is 0. The van der Waals surface area contributed by atoms with Crippen molar-refractivity contribution in [3.05, 3.63) is 102 Å². The number of nitrogens with zero attached hydrogens (tertiary/aromatic N) is 1. The smallest absolute Gasteiger partial charge is 0.258 e. The Hall–Kier alpha value is -3.40. The molecule has 4 heteroatoms. The number of nitrogens with one attached hydrogen (secondary N) is 1. The van der Waals surface area contributed by atoms with Crippen molar-refractivity contribution in [2.75, 3.05) is 11.9 Å². The SMILES string of the molecule is CC(NC(=O)c1cccc(C(=O)N(C)c2ccccc2)c1)c1ccccc1. The van der Waals surface area contributed by atoms with Crippen LogP contribution in [0.3, 0.4) is 0 Å². The molecule has 0 aliphatic heterocycles. The summed E-state index contributed by atoms with van der Waals surface area (Å²) in [4.78, 5) is 26.9. The van der Waals surface area contributed by atoms with Gasteiger partial charge in [0.05, 0.1) is 6.04 Å². The lowest BCUT2D eigenvalue weighted by Crippen LogP contribution is -2.28. The molecule has 2 amide bonds. The average molecular weight is 358 g/mol. The zero-order chi connectivity index (χ0) is 19.2. The van der Waals surface area contributed by atoms with Crippen molar-refractivity contribution in [2.24, 2.45) is 0 Å². The highest BCUT2D eigenvalue weighted by molar-refractivity contribution is 6.07. The summed E-state index contributed by atoms with van der Waals surface area (Å²) >= 11 is 0. The van der Waals surface area contributed by atoms with E-state index < -0.39 is 0 Å². The quantitative estimate of drug-likeness (QED) is 0.732. The first kappa shape index (κ1) is 18.4. The first-order valence-electron chi connectivity index (χ1n) is 8.85. The Kier molecular flexibility index (Phi) is 5.67. The molecule has 3 aromatic rings. The molecule has 136 valence electrons. The van der Waals surface area contributed by atoms with E-state index in [1.807, 2.05) is 67.6 Å². The molecule has 1 N–H and O–H groups in total. The fraction of sp³-hybridized carbons (Fsp3) is 0.130. The number of rotatable bonds is 5. The van der Waals surface area contributed by atoms with Gasteiger partial charge in [0.15, 0.2) is 0 Å². The second kappa shape index (κ2) is 8.32. The lowest BCUT2D eigenvalue weighted by atomic mass is 10.1. The summed E-state index contributed by atoms with van der Waals surface area (Å²) in [5.74, 6) is -0.365. The maximum Gasteiger partial charge on any atom is 0.258 e. The van der Waals surface area contributed by atoms with Crippen molar-refractivity contribution >= 4 is 17.5 Å². The number of para-hydroxylation sites is 1. The molecule has 0 aliphatic carbocycles. The third-order valence-electron chi connectivity index (χ3n) is 4.47. The highest BCUT2D eigenvalue weighted by Crippen LogP contribution is 2.17. The van der Waals surface area contributed by atoms with Gasteiger partial charge in [0.2, 0.25) is 0 Å². The van der Waals surface area contributed by atoms with Gasteiger partial charge in [-0.05, 0) is 42.8 Å². The van der Waals surface area contributed by atoms with E-state index in [4.69, 9.17) is 0 Å². The van der Waals surface area contributed by atoms with Crippen LogP contribution in [0.15, 0.2) is 84.9 Å². The highest BCUT2D eigenvalue weighted by atomic mass is 16.2. The third-order valence-corrected chi connectivity index (χ3v) is 4.47. The molecule has 0 spiro atoms. The number of anilines is 1. The molecule has 4 nitrogen and oxygen atoms in total. The van der Waals surface area contributed by atoms with Gasteiger partial charge in [-0.1, -0.05) is 54.6 Å². The molecule has 0 aromatic heterocycles. The van der Waals surface area contributed by atoms with Crippen molar-refractivity contribution in [3.8, 4) is 0 Å². The number of amides is 2. The lowest BCUT2D eigenvalue weighted by Gasteiger charge is -2.18. The fourth-order valence-corrected chi connectivity index (χ4v) is 2.86. The molecule has 0 bridgehead atoms. The first-order valence-corrected chi connectivity index (χ1v) is 8.85. The Morgan fingerprint density at radius 3 is 2.07 bits per heavy atom. The largest absolute Gasteiger partial charge is 0.346 e. The molecule has 0 saturated carbocycles. The van der Waals surface area contributed by atoms with Crippen LogP contribution in [0.4, 0.5) is 5.69 Å². The van der Waals surface area contributed by atoms with Gasteiger partial charge in [0.25, 0.3) is 11.8 Å². The van der Waals surface area contributed by atoms with E-state index in [1.165, 1.54) is 0 Å². The maximum absolute atomic E-state index is 12.8. The van der Waals surface area contributed by atoms with Crippen LogP contribution in [-0.2, 0) is 0 Å². The molecule has 1 atom stereocenters. The van der Waals surface area contributed by atoms with E-state index in [0.717, 1.165) is 11.3 Å². The van der Waals surface area contributed by atoms with Crippen molar-refractivity contribution < 1.29 is 9.59 Å². The molecule has 27 heavy (non-hydrogen) atoms. The van der Waals surface area contributed by atoms with Gasteiger partial charge in [-0.3, -0.25) is 9.59 Å². The molecule has 0 saturated heterocycles. The fourth-order valence-electron chi connectivity index (χ4n) is 2.86. The standard InChI is InChI=1S/C23H22N2O2/c1-17(18-10-5-3-6-11-18)24-22(26)19-12-9-13-20(16-19)23(27)25(2)21-14-7-4-8-15-21/h3-17H,1-2H3,(H,24,26). The summed E-state index contributed by atoms with van der Waals surface area (Å²) in [6, 6.07) is 25.9. The van der Waals surface area contributed by atoms with Gasteiger partial charge in [-0.15, -0.1) is 0 Å². The molecular weight excluding hydrogens is 336 g/mol. The minimum absolute atomic E-state index is 0.120. The molecule has 1 unspecified atom stereocenters. The van der Waals surface area contributed by atoms with Crippen LogP contribution < -0.4 is 10.2 Å². The number of hydrogen-bond acceptors (Lipinski definition) is 2. The monoisotopic (exact) mass is 358 g/mol. The van der Waals surface area contributed by atoms with Crippen molar-refractivity contribution in [1.29, 1.82) is 0 Å². The molecule has 0 aliphatic rings. The van der Waals surface area contributed by atoms with Crippen molar-refractivity contribution in [2.45, 2.75) is 13.0 Å². The molecule has 0 heterocycles. The number of carbonyl (C=O) groups is 2. The van der Waals surface area contributed by atoms with E-state index in [2.05, 4.69) is 5.32 Å². The second-order valence-electron chi connectivity index (χ2n) is 6.39. The van der Waals surface area contributed by atoms with E-state index in [-0.39, 0.29) is 17.9 Å². The summed E-state index contributed by atoms with van der Waals surface area (Å²) in [5.41, 5.74) is 2.77. The Morgan fingerprint density at radius 1 is 0.815 bits per heavy atom. The van der Waals surface area contributed by atoms with Crippen molar-refractivity contribution in [1.82, 2.24) is 5.32 Å². The van der Waals surface area contributed by atoms with Crippen LogP contribution in [-0.4, -0.2) is 18.9 Å². The van der Waals surface area contributed by atoms with E-state index in [0.29, 0.717) is 11.1 Å². The van der Waals surface area contributed by atoms with E-state index in [9.17, 15) is 9.59 Å². The third kappa shape index (κ3) is 4.42. The average Bonchev–Trinajstić information content (AvgIpc) is 2.74. The Bertz CT molecular complexity index is 923. The number of carbonyl (C=O) groups excluding carboxylic acids is 2. The van der Waals surface area contributed by atoms with Crippen LogP contribution in [0.2, 0.25) is 0 Å². The van der Waals surface area contributed by atoms with Gasteiger partial charge in [0, 0.05) is 23.9 Å². The van der Waals surface area contributed by atoms with Crippen LogP contribution in [0, 0.1) is 0 Å². The van der Waals surface area contributed by atoms with Gasteiger partial charge in [0.1, 0.15) is 0 Å². The molecule has 3 aromatic carbocycles. The summed E-state index contributed by atoms with van der Waals surface area (Å²) in [7, 11) is 1.72. The van der Waals surface area contributed by atoms with E-state index >= 15 is 0 Å². The Labute approximate surface area is 159 Å². The van der Waals surface area contributed by atoms with Gasteiger partial charge in [-0.25, -0.2) is 0 Å². The topological polar surface area (TPSA) is 49.4 Å². The second-order valence-corrected chi connectivity index (χ2v) is 6.39. The predicted octanol–water partition coefficient (Wildman–Crippen LogP) is 4.45. The first-order chi connectivity index (χ1) is 13.1. The van der Waals surface area contributed by atoms with Crippen LogP contribution in [0.25, 0.3) is 0 Å². The van der Waals surface area contributed by atoms with Crippen LogP contribution >= 0.6 is 0 Å². The highest BCUT2D eigenvalue weighted by Gasteiger charge is 2.16. The van der Waals surface area contributed by atoms with Crippen LogP contribution in [0.5, 0.6) is 0 Å². The normalized spacial score (nSPS) is 11.5. The summed E-state index contributed by atoms with van der Waals surface area (Å²) < 4.78 is 0.